The Morgan fingerprint density at radius 3 is 2.90 bits per heavy atom. The van der Waals surface area contributed by atoms with Crippen LogP contribution in [0.4, 0.5) is 0 Å². The van der Waals surface area contributed by atoms with Gasteiger partial charge in [0.15, 0.2) is 11.9 Å². The van der Waals surface area contributed by atoms with Gasteiger partial charge in [-0.1, -0.05) is 17.7 Å². The van der Waals surface area contributed by atoms with Gasteiger partial charge in [0, 0.05) is 30.4 Å². The summed E-state index contributed by atoms with van der Waals surface area (Å²) in [5.41, 5.74) is 1.04. The van der Waals surface area contributed by atoms with Gasteiger partial charge in [0.05, 0.1) is 0 Å². The van der Waals surface area contributed by atoms with Crippen molar-refractivity contribution < 1.29 is 9.53 Å². The molecule has 0 N–H and O–H groups in total. The second-order valence-electron chi connectivity index (χ2n) is 4.63. The van der Waals surface area contributed by atoms with E-state index in [0.717, 1.165) is 5.69 Å². The Labute approximate surface area is 123 Å². The van der Waals surface area contributed by atoms with Crippen molar-refractivity contribution in [3.8, 4) is 5.75 Å². The summed E-state index contributed by atoms with van der Waals surface area (Å²) in [7, 11) is 1.87. The highest BCUT2D eigenvalue weighted by Gasteiger charge is 2.15. The Kier molecular flexibility index (Phi) is 4.79. The predicted octanol–water partition coefficient (Wildman–Crippen LogP) is 3.04. The lowest BCUT2D eigenvalue weighted by Gasteiger charge is -2.13. The number of nitrogens with zero attached hydrogens (tertiary/aromatic N) is 2. The van der Waals surface area contributed by atoms with Crippen LogP contribution in [0, 0.1) is 0 Å². The zero-order chi connectivity index (χ0) is 14.5. The number of carbonyl (C=O) groups excluding carboxylic acids is 1. The van der Waals surface area contributed by atoms with Crippen LogP contribution in [0.2, 0.25) is 5.02 Å². The molecule has 0 radical (unpaired) electrons. The van der Waals surface area contributed by atoms with Gasteiger partial charge in [-0.05, 0) is 37.6 Å². The average molecular weight is 293 g/mol. The maximum atomic E-state index is 12.1. The summed E-state index contributed by atoms with van der Waals surface area (Å²) in [6.07, 6.45) is 2.34. The number of carbonyl (C=O) groups is 1. The third kappa shape index (κ3) is 3.84. The van der Waals surface area contributed by atoms with E-state index in [-0.39, 0.29) is 5.78 Å². The number of rotatable bonds is 6. The topological polar surface area (TPSA) is 44.1 Å². The van der Waals surface area contributed by atoms with E-state index in [1.807, 2.05) is 13.1 Å². The third-order valence-corrected chi connectivity index (χ3v) is 3.35. The van der Waals surface area contributed by atoms with E-state index in [1.54, 1.807) is 42.1 Å². The first-order valence-corrected chi connectivity index (χ1v) is 6.86. The molecule has 106 valence electrons. The number of benzene rings is 1. The minimum absolute atomic E-state index is 0.0613. The number of hydrogen-bond acceptors (Lipinski definition) is 3. The van der Waals surface area contributed by atoms with Crippen molar-refractivity contribution in [3.05, 3.63) is 47.2 Å². The van der Waals surface area contributed by atoms with E-state index >= 15 is 0 Å². The maximum Gasteiger partial charge on any atom is 0.173 e. The van der Waals surface area contributed by atoms with E-state index in [0.29, 0.717) is 23.6 Å². The van der Waals surface area contributed by atoms with Crippen LogP contribution >= 0.6 is 11.6 Å². The Hall–Kier alpha value is -1.81. The third-order valence-electron chi connectivity index (χ3n) is 3.11. The van der Waals surface area contributed by atoms with Crippen molar-refractivity contribution in [1.29, 1.82) is 0 Å². The largest absolute Gasteiger partial charge is 0.483 e. The van der Waals surface area contributed by atoms with Crippen molar-refractivity contribution in [3.63, 3.8) is 0 Å². The lowest BCUT2D eigenvalue weighted by molar-refractivity contribution is -0.125. The summed E-state index contributed by atoms with van der Waals surface area (Å²) in [6.45, 7) is 1.76. The van der Waals surface area contributed by atoms with Gasteiger partial charge >= 0.3 is 0 Å². The van der Waals surface area contributed by atoms with Crippen LogP contribution in [0.15, 0.2) is 36.5 Å². The minimum Gasteiger partial charge on any atom is -0.483 e. The van der Waals surface area contributed by atoms with E-state index in [2.05, 4.69) is 5.10 Å². The Balaban J connectivity index is 1.87. The summed E-state index contributed by atoms with van der Waals surface area (Å²) < 4.78 is 7.37. The molecule has 2 rings (SSSR count). The van der Waals surface area contributed by atoms with Crippen molar-refractivity contribution in [2.24, 2.45) is 7.05 Å². The van der Waals surface area contributed by atoms with E-state index in [1.165, 1.54) is 0 Å². The summed E-state index contributed by atoms with van der Waals surface area (Å²) >= 11 is 5.88. The van der Waals surface area contributed by atoms with Crippen molar-refractivity contribution >= 4 is 17.4 Å². The number of Topliss-reactive ketones (excluding diaryl/α,β-unsaturated/α-hetero) is 1. The first kappa shape index (κ1) is 14.6. The molecule has 4 nitrogen and oxygen atoms in total. The fraction of sp³-hybridized carbons (Fsp3) is 0.333. The molecule has 0 aliphatic carbocycles. The fourth-order valence-electron chi connectivity index (χ4n) is 1.91. The SMILES string of the molecule is CC(Oc1cccc(Cl)c1)C(=O)CCc1ccnn1C. The smallest absolute Gasteiger partial charge is 0.173 e. The molecule has 1 atom stereocenters. The standard InChI is InChI=1S/C15H17ClN2O2/c1-11(20-14-5-3-4-12(16)10-14)15(19)7-6-13-8-9-17-18(13)2/h3-5,8-11H,6-7H2,1-2H3. The first-order valence-electron chi connectivity index (χ1n) is 6.48. The van der Waals surface area contributed by atoms with Gasteiger partial charge in [-0.3, -0.25) is 9.48 Å². The summed E-state index contributed by atoms with van der Waals surface area (Å²) in [5.74, 6) is 0.671. The predicted molar refractivity (Wildman–Crippen MR) is 78.1 cm³/mol. The fourth-order valence-corrected chi connectivity index (χ4v) is 2.09. The second kappa shape index (κ2) is 6.57. The molecule has 0 amide bonds. The lowest BCUT2D eigenvalue weighted by atomic mass is 10.1. The van der Waals surface area contributed by atoms with Gasteiger partial charge in [0.25, 0.3) is 0 Å². The van der Waals surface area contributed by atoms with Crippen LogP contribution in [-0.2, 0) is 18.3 Å². The molecule has 1 aromatic carbocycles. The van der Waals surface area contributed by atoms with Gasteiger partial charge in [0.1, 0.15) is 5.75 Å². The summed E-state index contributed by atoms with van der Waals surface area (Å²) in [4.78, 5) is 12.1. The van der Waals surface area contributed by atoms with Crippen molar-refractivity contribution in [2.75, 3.05) is 0 Å². The number of hydrogen-bond donors (Lipinski definition) is 0. The molecule has 0 saturated carbocycles. The lowest BCUT2D eigenvalue weighted by Crippen LogP contribution is -2.24. The second-order valence-corrected chi connectivity index (χ2v) is 5.07. The highest BCUT2D eigenvalue weighted by molar-refractivity contribution is 6.30. The molecule has 0 bridgehead atoms. The van der Waals surface area contributed by atoms with Crippen LogP contribution in [0.5, 0.6) is 5.75 Å². The molecule has 0 spiro atoms. The Morgan fingerprint density at radius 2 is 2.25 bits per heavy atom. The molecule has 0 fully saturated rings. The van der Waals surface area contributed by atoms with Crippen LogP contribution in [0.3, 0.4) is 0 Å². The zero-order valence-electron chi connectivity index (χ0n) is 11.5. The number of aryl methyl sites for hydroxylation is 2. The van der Waals surface area contributed by atoms with Gasteiger partial charge in [-0.25, -0.2) is 0 Å². The molecule has 1 aromatic heterocycles. The quantitative estimate of drug-likeness (QED) is 0.822. The Morgan fingerprint density at radius 1 is 1.45 bits per heavy atom. The number of aromatic nitrogens is 2. The molecule has 1 heterocycles. The number of ketones is 1. The van der Waals surface area contributed by atoms with Crippen molar-refractivity contribution in [1.82, 2.24) is 9.78 Å². The molecule has 0 aliphatic rings. The minimum atomic E-state index is -0.485. The Bertz CT molecular complexity index is 595. The molecule has 5 heteroatoms. The molecule has 1 unspecified atom stereocenters. The van der Waals surface area contributed by atoms with Crippen molar-refractivity contribution in [2.45, 2.75) is 25.9 Å². The van der Waals surface area contributed by atoms with Crippen LogP contribution in [-0.4, -0.2) is 21.7 Å². The molecule has 20 heavy (non-hydrogen) atoms. The molecule has 0 aliphatic heterocycles. The monoisotopic (exact) mass is 292 g/mol. The maximum absolute atomic E-state index is 12.1. The van der Waals surface area contributed by atoms with Gasteiger partial charge in [-0.15, -0.1) is 0 Å². The van der Waals surface area contributed by atoms with E-state index < -0.39 is 6.10 Å². The van der Waals surface area contributed by atoms with E-state index in [9.17, 15) is 4.79 Å². The number of halogens is 1. The van der Waals surface area contributed by atoms with Gasteiger partial charge in [0.2, 0.25) is 0 Å². The first-order chi connectivity index (χ1) is 9.56. The van der Waals surface area contributed by atoms with Crippen LogP contribution < -0.4 is 4.74 Å². The molecular formula is C15H17ClN2O2. The van der Waals surface area contributed by atoms with Crippen LogP contribution in [0.25, 0.3) is 0 Å². The summed E-state index contributed by atoms with van der Waals surface area (Å²) in [5, 5.41) is 4.67. The van der Waals surface area contributed by atoms with Gasteiger partial charge < -0.3 is 4.74 Å². The molecular weight excluding hydrogens is 276 g/mol. The highest BCUT2D eigenvalue weighted by atomic mass is 35.5. The normalized spacial score (nSPS) is 12.2. The molecule has 0 saturated heterocycles. The zero-order valence-corrected chi connectivity index (χ0v) is 12.3. The van der Waals surface area contributed by atoms with E-state index in [4.69, 9.17) is 16.3 Å². The van der Waals surface area contributed by atoms with Gasteiger partial charge in [-0.2, -0.15) is 5.10 Å². The average Bonchev–Trinajstić information content (AvgIpc) is 2.81. The highest BCUT2D eigenvalue weighted by Crippen LogP contribution is 2.19. The molecule has 2 aromatic rings. The number of ether oxygens (including phenoxy) is 1. The van der Waals surface area contributed by atoms with Crippen LogP contribution in [0.1, 0.15) is 19.0 Å². The summed E-state index contributed by atoms with van der Waals surface area (Å²) in [6, 6.07) is 8.97.